The van der Waals surface area contributed by atoms with E-state index in [0.29, 0.717) is 15.2 Å². The topological polar surface area (TPSA) is 115 Å². The summed E-state index contributed by atoms with van der Waals surface area (Å²) in [6.07, 6.45) is 11.6. The van der Waals surface area contributed by atoms with Crippen molar-refractivity contribution in [1.82, 2.24) is 39.9 Å². The summed E-state index contributed by atoms with van der Waals surface area (Å²) in [6.45, 7) is 4.29. The molecule has 0 bridgehead atoms. The normalized spacial score (nSPS) is 11.0. The Hall–Kier alpha value is -2.46. The summed E-state index contributed by atoms with van der Waals surface area (Å²) in [6, 6.07) is 0. The Kier molecular flexibility index (Phi) is 7.59. The minimum atomic E-state index is 0.492. The van der Waals surface area contributed by atoms with E-state index in [0.717, 1.165) is 40.9 Å². The third kappa shape index (κ3) is 5.54. The van der Waals surface area contributed by atoms with Crippen LogP contribution in [0.2, 0.25) is 0 Å². The average Bonchev–Trinajstić information content (AvgIpc) is 3.36. The molecule has 0 saturated heterocycles. The fraction of sp³-hybridized carbons (Fsp3) is 0.474. The molecule has 0 atom stereocenters. The second-order valence-electron chi connectivity index (χ2n) is 6.76. The van der Waals surface area contributed by atoms with Crippen LogP contribution in [0.1, 0.15) is 57.3 Å². The molecular formula is C19H26N8S2. The van der Waals surface area contributed by atoms with Gasteiger partial charge in [-0.2, -0.15) is 9.97 Å². The highest BCUT2D eigenvalue weighted by Gasteiger charge is 2.05. The molecular weight excluding hydrogens is 404 g/mol. The van der Waals surface area contributed by atoms with Crippen LogP contribution >= 0.6 is 24.4 Å². The number of nitrogens with one attached hydrogen (secondary N) is 4. The van der Waals surface area contributed by atoms with E-state index in [1.807, 2.05) is 0 Å². The summed E-state index contributed by atoms with van der Waals surface area (Å²) in [4.78, 5) is 28.7. The molecule has 0 aliphatic carbocycles. The first-order valence-electron chi connectivity index (χ1n) is 9.96. The third-order valence-electron chi connectivity index (χ3n) is 4.66. The molecule has 4 aromatic rings. The molecule has 10 heteroatoms. The number of nitrogens with zero attached hydrogens (tertiary/aromatic N) is 4. The fourth-order valence-electron chi connectivity index (χ4n) is 3.18. The van der Waals surface area contributed by atoms with Gasteiger partial charge in [-0.25, -0.2) is 9.97 Å². The summed E-state index contributed by atoms with van der Waals surface area (Å²) in [5, 5.41) is 0. The highest BCUT2D eigenvalue weighted by atomic mass is 32.1. The summed E-state index contributed by atoms with van der Waals surface area (Å²) in [5.41, 5.74) is 5.55. The molecule has 4 N–H and O–H groups in total. The zero-order valence-corrected chi connectivity index (χ0v) is 18.3. The van der Waals surface area contributed by atoms with E-state index in [2.05, 4.69) is 53.7 Å². The van der Waals surface area contributed by atoms with E-state index < -0.39 is 0 Å². The molecule has 0 spiro atoms. The maximum absolute atomic E-state index is 5.09. The smallest absolute Gasteiger partial charge is 0.199 e. The van der Waals surface area contributed by atoms with E-state index in [-0.39, 0.29) is 0 Å². The van der Waals surface area contributed by atoms with Crippen molar-refractivity contribution in [2.75, 3.05) is 0 Å². The van der Waals surface area contributed by atoms with Gasteiger partial charge in [0.1, 0.15) is 11.0 Å². The van der Waals surface area contributed by atoms with Gasteiger partial charge in [0.15, 0.2) is 20.8 Å². The van der Waals surface area contributed by atoms with Crippen molar-refractivity contribution in [3.05, 3.63) is 33.6 Å². The van der Waals surface area contributed by atoms with Gasteiger partial charge in [0.25, 0.3) is 0 Å². The maximum atomic E-state index is 5.09. The largest absolute Gasteiger partial charge is 0.342 e. The Morgan fingerprint density at radius 3 is 1.90 bits per heavy atom. The Bertz CT molecular complexity index is 1170. The second kappa shape index (κ2) is 10.4. The molecule has 4 rings (SSSR count). The van der Waals surface area contributed by atoms with Crippen LogP contribution in [0.3, 0.4) is 0 Å². The van der Waals surface area contributed by atoms with E-state index in [4.69, 9.17) is 24.4 Å². The van der Waals surface area contributed by atoms with Crippen molar-refractivity contribution in [1.29, 1.82) is 0 Å². The standard InChI is InChI=1S/C12H18N4S.C7H8N4S/c1-2-3-4-5-6-7-9-10-11(14-8-13-10)16-12(17)15-9;1-2-4-5-6(9-3-8-5)11-7(12)10-4/h8H,2-7H2,1H3,(H2,13,14,15,16,17);3H,2H2,1H3,(H2,8,9,10,11,12). The minimum Gasteiger partial charge on any atom is -0.342 e. The molecule has 0 aromatic carbocycles. The van der Waals surface area contributed by atoms with Gasteiger partial charge in [-0.15, -0.1) is 0 Å². The van der Waals surface area contributed by atoms with E-state index >= 15 is 0 Å². The molecule has 154 valence electrons. The quantitative estimate of drug-likeness (QED) is 0.239. The average molecular weight is 431 g/mol. The molecule has 0 radical (unpaired) electrons. The number of imidazole rings is 2. The minimum absolute atomic E-state index is 0.492. The van der Waals surface area contributed by atoms with Crippen LogP contribution in [-0.2, 0) is 12.8 Å². The van der Waals surface area contributed by atoms with Gasteiger partial charge in [-0.3, -0.25) is 0 Å². The van der Waals surface area contributed by atoms with E-state index in [9.17, 15) is 0 Å². The van der Waals surface area contributed by atoms with E-state index in [1.54, 1.807) is 12.7 Å². The maximum Gasteiger partial charge on any atom is 0.199 e. The Morgan fingerprint density at radius 1 is 0.759 bits per heavy atom. The van der Waals surface area contributed by atoms with Crippen LogP contribution in [-0.4, -0.2) is 39.9 Å². The SMILES string of the molecule is CCCCCCCc1[nH]c(=S)nc2nc[nH]c12.CCc1[nH]c(=S)nc2nc[nH]c12. The Balaban J connectivity index is 0.000000176. The van der Waals surface area contributed by atoms with Gasteiger partial charge in [0.05, 0.1) is 12.7 Å². The summed E-state index contributed by atoms with van der Waals surface area (Å²) >= 11 is 10.0. The number of aromatic nitrogens is 8. The lowest BCUT2D eigenvalue weighted by atomic mass is 10.1. The van der Waals surface area contributed by atoms with Crippen LogP contribution < -0.4 is 0 Å². The molecule has 0 amide bonds. The summed E-state index contributed by atoms with van der Waals surface area (Å²) in [5.74, 6) is 0. The molecule has 4 aromatic heterocycles. The van der Waals surface area contributed by atoms with E-state index in [1.165, 1.54) is 32.1 Å². The Morgan fingerprint density at radius 2 is 1.31 bits per heavy atom. The summed E-state index contributed by atoms with van der Waals surface area (Å²) < 4.78 is 1.01. The van der Waals surface area contributed by atoms with Gasteiger partial charge < -0.3 is 19.9 Å². The third-order valence-corrected chi connectivity index (χ3v) is 5.04. The predicted octanol–water partition coefficient (Wildman–Crippen LogP) is 5.11. The number of hydrogen-bond donors (Lipinski definition) is 4. The van der Waals surface area contributed by atoms with Crippen molar-refractivity contribution in [3.63, 3.8) is 0 Å². The lowest BCUT2D eigenvalue weighted by Gasteiger charge is -2.03. The lowest BCUT2D eigenvalue weighted by Crippen LogP contribution is -1.95. The number of aryl methyl sites for hydroxylation is 2. The van der Waals surface area contributed by atoms with Crippen molar-refractivity contribution < 1.29 is 0 Å². The van der Waals surface area contributed by atoms with Crippen molar-refractivity contribution >= 4 is 46.8 Å². The number of aromatic amines is 4. The zero-order valence-electron chi connectivity index (χ0n) is 16.7. The van der Waals surface area contributed by atoms with Crippen molar-refractivity contribution in [2.45, 2.75) is 58.8 Å². The molecule has 0 unspecified atom stereocenters. The number of unbranched alkanes of at least 4 members (excludes halogenated alkanes) is 4. The van der Waals surface area contributed by atoms with Crippen LogP contribution in [0.25, 0.3) is 22.3 Å². The van der Waals surface area contributed by atoms with Crippen LogP contribution in [0.5, 0.6) is 0 Å². The van der Waals surface area contributed by atoms with Crippen LogP contribution in [0, 0.1) is 9.54 Å². The van der Waals surface area contributed by atoms with Gasteiger partial charge in [-0.1, -0.05) is 39.5 Å². The predicted molar refractivity (Wildman–Crippen MR) is 120 cm³/mol. The lowest BCUT2D eigenvalue weighted by molar-refractivity contribution is 0.628. The van der Waals surface area contributed by atoms with Gasteiger partial charge in [0, 0.05) is 11.4 Å². The van der Waals surface area contributed by atoms with Crippen molar-refractivity contribution in [3.8, 4) is 0 Å². The first kappa shape index (κ1) is 21.3. The number of hydrogen-bond acceptors (Lipinski definition) is 6. The number of rotatable bonds is 7. The second-order valence-corrected chi connectivity index (χ2v) is 7.53. The van der Waals surface area contributed by atoms with Gasteiger partial charge >= 0.3 is 0 Å². The molecule has 29 heavy (non-hydrogen) atoms. The van der Waals surface area contributed by atoms with Crippen molar-refractivity contribution in [2.24, 2.45) is 0 Å². The molecule has 0 aliphatic rings. The first-order valence-corrected chi connectivity index (χ1v) is 10.8. The molecule has 4 heterocycles. The van der Waals surface area contributed by atoms with Gasteiger partial charge in [-0.05, 0) is 43.7 Å². The number of fused-ring (bicyclic) bond motifs is 2. The molecule has 0 saturated carbocycles. The highest BCUT2D eigenvalue weighted by molar-refractivity contribution is 7.71. The number of H-pyrrole nitrogens is 4. The van der Waals surface area contributed by atoms with Gasteiger partial charge in [0.2, 0.25) is 0 Å². The zero-order chi connectivity index (χ0) is 20.6. The molecule has 8 nitrogen and oxygen atoms in total. The molecule has 0 fully saturated rings. The monoisotopic (exact) mass is 430 g/mol. The molecule has 0 aliphatic heterocycles. The first-order chi connectivity index (χ1) is 14.1. The highest BCUT2D eigenvalue weighted by Crippen LogP contribution is 2.14. The van der Waals surface area contributed by atoms with Crippen LogP contribution in [0.4, 0.5) is 0 Å². The van der Waals surface area contributed by atoms with Crippen LogP contribution in [0.15, 0.2) is 12.7 Å². The Labute approximate surface area is 179 Å². The fourth-order valence-corrected chi connectivity index (χ4v) is 3.60. The summed E-state index contributed by atoms with van der Waals surface area (Å²) in [7, 11) is 0.